The SMILES string of the molecule is CCOc1cc(Br)c(CC(=O)N(C)Cc2ccc(C#N)cc2)cc1OCC. The van der Waals surface area contributed by atoms with Crippen LogP contribution in [-0.4, -0.2) is 31.1 Å². The van der Waals surface area contributed by atoms with Crippen LogP contribution in [-0.2, 0) is 17.8 Å². The van der Waals surface area contributed by atoms with E-state index in [-0.39, 0.29) is 12.3 Å². The van der Waals surface area contributed by atoms with Gasteiger partial charge < -0.3 is 14.4 Å². The van der Waals surface area contributed by atoms with Gasteiger partial charge in [-0.05, 0) is 49.2 Å². The summed E-state index contributed by atoms with van der Waals surface area (Å²) in [6.07, 6.45) is 0.250. The molecule has 1 amide bonds. The summed E-state index contributed by atoms with van der Waals surface area (Å²) in [7, 11) is 1.77. The molecule has 27 heavy (non-hydrogen) atoms. The fourth-order valence-electron chi connectivity index (χ4n) is 2.59. The van der Waals surface area contributed by atoms with E-state index < -0.39 is 0 Å². The quantitative estimate of drug-likeness (QED) is 0.625. The Balaban J connectivity index is 2.11. The van der Waals surface area contributed by atoms with Crippen LogP contribution in [0.15, 0.2) is 40.9 Å². The molecule has 0 aliphatic carbocycles. The molecule has 0 unspecified atom stereocenters. The number of nitrogens with zero attached hydrogens (tertiary/aromatic N) is 2. The molecule has 0 aliphatic rings. The van der Waals surface area contributed by atoms with Crippen molar-refractivity contribution in [2.75, 3.05) is 20.3 Å². The summed E-state index contributed by atoms with van der Waals surface area (Å²) in [6, 6.07) is 13.0. The van der Waals surface area contributed by atoms with Crippen molar-refractivity contribution in [1.29, 1.82) is 5.26 Å². The van der Waals surface area contributed by atoms with E-state index in [1.165, 1.54) is 0 Å². The van der Waals surface area contributed by atoms with Crippen molar-refractivity contribution < 1.29 is 14.3 Å². The molecular weight excluding hydrogens is 408 g/mol. The van der Waals surface area contributed by atoms with E-state index >= 15 is 0 Å². The zero-order valence-electron chi connectivity index (χ0n) is 15.8. The van der Waals surface area contributed by atoms with Gasteiger partial charge in [-0.25, -0.2) is 0 Å². The maximum atomic E-state index is 12.7. The highest BCUT2D eigenvalue weighted by atomic mass is 79.9. The van der Waals surface area contributed by atoms with Gasteiger partial charge in [0.1, 0.15) is 0 Å². The van der Waals surface area contributed by atoms with Crippen molar-refractivity contribution in [3.8, 4) is 17.6 Å². The summed E-state index contributed by atoms with van der Waals surface area (Å²) in [5.74, 6) is 1.29. The van der Waals surface area contributed by atoms with E-state index in [1.54, 1.807) is 24.1 Å². The van der Waals surface area contributed by atoms with Gasteiger partial charge in [-0.1, -0.05) is 28.1 Å². The number of halogens is 1. The van der Waals surface area contributed by atoms with Gasteiger partial charge in [0.25, 0.3) is 0 Å². The number of benzene rings is 2. The molecule has 0 heterocycles. The van der Waals surface area contributed by atoms with Crippen LogP contribution >= 0.6 is 15.9 Å². The summed E-state index contributed by atoms with van der Waals surface area (Å²) in [6.45, 7) is 5.37. The lowest BCUT2D eigenvalue weighted by atomic mass is 10.1. The normalized spacial score (nSPS) is 10.2. The van der Waals surface area contributed by atoms with Gasteiger partial charge in [0.05, 0.1) is 31.3 Å². The number of ether oxygens (including phenoxy) is 2. The van der Waals surface area contributed by atoms with Crippen LogP contribution < -0.4 is 9.47 Å². The second kappa shape index (κ2) is 9.98. The number of rotatable bonds is 8. The molecule has 0 aliphatic heterocycles. The van der Waals surface area contributed by atoms with Crippen LogP contribution in [0.3, 0.4) is 0 Å². The van der Waals surface area contributed by atoms with Gasteiger partial charge in [0.15, 0.2) is 11.5 Å². The van der Waals surface area contributed by atoms with Gasteiger partial charge in [0.2, 0.25) is 5.91 Å². The minimum Gasteiger partial charge on any atom is -0.490 e. The van der Waals surface area contributed by atoms with E-state index in [2.05, 4.69) is 22.0 Å². The fourth-order valence-corrected chi connectivity index (χ4v) is 3.06. The molecular formula is C21H23BrN2O3. The standard InChI is InChI=1S/C21H23BrN2O3/c1-4-26-19-10-17(18(22)12-20(19)27-5-2)11-21(25)24(3)14-16-8-6-15(13-23)7-9-16/h6-10,12H,4-5,11,14H2,1-3H3. The monoisotopic (exact) mass is 430 g/mol. The average Bonchev–Trinajstić information content (AvgIpc) is 2.66. The van der Waals surface area contributed by atoms with Crippen molar-refractivity contribution in [2.45, 2.75) is 26.8 Å². The van der Waals surface area contributed by atoms with Crippen molar-refractivity contribution >= 4 is 21.8 Å². The molecule has 2 aromatic rings. The van der Waals surface area contributed by atoms with Crippen LogP contribution in [0.1, 0.15) is 30.5 Å². The highest BCUT2D eigenvalue weighted by Gasteiger charge is 2.16. The summed E-state index contributed by atoms with van der Waals surface area (Å²) < 4.78 is 12.1. The topological polar surface area (TPSA) is 62.6 Å². The number of carbonyl (C=O) groups is 1. The van der Waals surface area contributed by atoms with Gasteiger partial charge in [0, 0.05) is 18.1 Å². The third kappa shape index (κ3) is 5.73. The van der Waals surface area contributed by atoms with E-state index in [0.717, 1.165) is 15.6 Å². The number of carbonyl (C=O) groups excluding carboxylic acids is 1. The molecule has 0 N–H and O–H groups in total. The molecule has 0 aromatic heterocycles. The number of amides is 1. The lowest BCUT2D eigenvalue weighted by molar-refractivity contribution is -0.129. The summed E-state index contributed by atoms with van der Waals surface area (Å²) in [5, 5.41) is 8.86. The first kappa shape index (κ1) is 20.8. The van der Waals surface area contributed by atoms with E-state index in [9.17, 15) is 4.79 Å². The lowest BCUT2D eigenvalue weighted by Crippen LogP contribution is -2.27. The predicted molar refractivity (Wildman–Crippen MR) is 108 cm³/mol. The van der Waals surface area contributed by atoms with Gasteiger partial charge in [-0.15, -0.1) is 0 Å². The minimum absolute atomic E-state index is 0.00771. The second-order valence-electron chi connectivity index (χ2n) is 5.99. The molecule has 0 spiro atoms. The predicted octanol–water partition coefficient (Wildman–Crippen LogP) is 4.32. The molecule has 5 nitrogen and oxygen atoms in total. The molecule has 142 valence electrons. The van der Waals surface area contributed by atoms with Crippen molar-refractivity contribution in [2.24, 2.45) is 0 Å². The highest BCUT2D eigenvalue weighted by Crippen LogP contribution is 2.34. The average molecular weight is 431 g/mol. The van der Waals surface area contributed by atoms with Crippen molar-refractivity contribution in [3.05, 3.63) is 57.6 Å². The smallest absolute Gasteiger partial charge is 0.227 e. The largest absolute Gasteiger partial charge is 0.490 e. The van der Waals surface area contributed by atoms with Crippen molar-refractivity contribution in [1.82, 2.24) is 4.90 Å². The maximum absolute atomic E-state index is 12.7. The summed E-state index contributed by atoms with van der Waals surface area (Å²) in [4.78, 5) is 14.3. The van der Waals surface area contributed by atoms with E-state index in [1.807, 2.05) is 38.1 Å². The Labute approximate surface area is 168 Å². The van der Waals surface area contributed by atoms with Gasteiger partial charge in [-0.2, -0.15) is 5.26 Å². The molecule has 0 radical (unpaired) electrons. The Morgan fingerprint density at radius 1 is 1.11 bits per heavy atom. The molecule has 2 rings (SSSR count). The van der Waals surface area contributed by atoms with E-state index in [0.29, 0.717) is 36.8 Å². The summed E-state index contributed by atoms with van der Waals surface area (Å²) in [5.41, 5.74) is 2.43. The Morgan fingerprint density at radius 2 is 1.70 bits per heavy atom. The first-order valence-electron chi connectivity index (χ1n) is 8.79. The highest BCUT2D eigenvalue weighted by molar-refractivity contribution is 9.10. The molecule has 0 saturated heterocycles. The molecule has 0 saturated carbocycles. The van der Waals surface area contributed by atoms with Crippen LogP contribution in [0, 0.1) is 11.3 Å². The van der Waals surface area contributed by atoms with Crippen molar-refractivity contribution in [3.63, 3.8) is 0 Å². The van der Waals surface area contributed by atoms with Crippen LogP contribution in [0.4, 0.5) is 0 Å². The first-order valence-corrected chi connectivity index (χ1v) is 9.58. The number of hydrogen-bond acceptors (Lipinski definition) is 4. The first-order chi connectivity index (χ1) is 13.0. The lowest BCUT2D eigenvalue weighted by Gasteiger charge is -2.19. The van der Waals surface area contributed by atoms with Crippen LogP contribution in [0.2, 0.25) is 0 Å². The Morgan fingerprint density at radius 3 is 2.26 bits per heavy atom. The fraction of sp³-hybridized carbons (Fsp3) is 0.333. The Kier molecular flexibility index (Phi) is 7.68. The zero-order chi connectivity index (χ0) is 19.8. The van der Waals surface area contributed by atoms with E-state index in [4.69, 9.17) is 14.7 Å². The second-order valence-corrected chi connectivity index (χ2v) is 6.85. The molecule has 0 atom stereocenters. The van der Waals surface area contributed by atoms with Crippen LogP contribution in [0.5, 0.6) is 11.5 Å². The minimum atomic E-state index is -0.00771. The van der Waals surface area contributed by atoms with Gasteiger partial charge >= 0.3 is 0 Å². The molecule has 6 heteroatoms. The number of nitriles is 1. The number of likely N-dealkylation sites (N-methyl/N-ethyl adjacent to an activating group) is 1. The molecule has 2 aromatic carbocycles. The summed E-state index contributed by atoms with van der Waals surface area (Å²) >= 11 is 3.53. The molecule has 0 fully saturated rings. The third-order valence-corrected chi connectivity index (χ3v) is 4.72. The third-order valence-electron chi connectivity index (χ3n) is 3.98. The Hall–Kier alpha value is -2.52. The van der Waals surface area contributed by atoms with Crippen LogP contribution in [0.25, 0.3) is 0 Å². The van der Waals surface area contributed by atoms with Gasteiger partial charge in [-0.3, -0.25) is 4.79 Å². The molecule has 0 bridgehead atoms. The number of hydrogen-bond donors (Lipinski definition) is 0. The maximum Gasteiger partial charge on any atom is 0.227 e. The Bertz CT molecular complexity index is 829. The zero-order valence-corrected chi connectivity index (χ0v) is 17.4.